The number of hydrogen-bond donors (Lipinski definition) is 1. The van der Waals surface area contributed by atoms with Crippen LogP contribution >= 0.6 is 15.9 Å². The summed E-state index contributed by atoms with van der Waals surface area (Å²) in [5.74, 6) is 1.07. The Bertz CT molecular complexity index is 738. The molecule has 0 aromatic heterocycles. The Morgan fingerprint density at radius 2 is 1.75 bits per heavy atom. The molecule has 1 fully saturated rings. The molecule has 0 atom stereocenters. The summed E-state index contributed by atoms with van der Waals surface area (Å²) >= 11 is 3.46. The zero-order chi connectivity index (χ0) is 19.8. The maximum absolute atomic E-state index is 12.2. The van der Waals surface area contributed by atoms with Gasteiger partial charge in [0.25, 0.3) is 0 Å². The van der Waals surface area contributed by atoms with Gasteiger partial charge in [0.1, 0.15) is 5.75 Å². The predicted molar refractivity (Wildman–Crippen MR) is 118 cm³/mol. The molecule has 0 spiro atoms. The number of methoxy groups -OCH3 is 1. The van der Waals surface area contributed by atoms with Crippen LogP contribution in [0.4, 0.5) is 5.69 Å². The van der Waals surface area contributed by atoms with E-state index < -0.39 is 0 Å². The zero-order valence-electron chi connectivity index (χ0n) is 16.5. The van der Waals surface area contributed by atoms with Crippen molar-refractivity contribution in [2.45, 2.75) is 44.6 Å². The summed E-state index contributed by atoms with van der Waals surface area (Å²) in [5.41, 5.74) is 2.55. The van der Waals surface area contributed by atoms with Crippen molar-refractivity contribution in [1.82, 2.24) is 5.32 Å². The van der Waals surface area contributed by atoms with Crippen LogP contribution in [0.1, 0.15) is 37.7 Å². The Balaban J connectivity index is 1.32. The summed E-state index contributed by atoms with van der Waals surface area (Å²) in [7, 11) is 1.68. The third-order valence-electron chi connectivity index (χ3n) is 5.33. The predicted octanol–water partition coefficient (Wildman–Crippen LogP) is 4.96. The highest BCUT2D eigenvalue weighted by Gasteiger charge is 2.20. The number of nitrogens with one attached hydrogen (secondary N) is 1. The lowest BCUT2D eigenvalue weighted by atomic mass is 10.0. The number of rotatable bonds is 8. The number of halogens is 1. The van der Waals surface area contributed by atoms with E-state index in [4.69, 9.17) is 4.74 Å². The summed E-state index contributed by atoms with van der Waals surface area (Å²) in [4.78, 5) is 14.6. The number of hydrogen-bond acceptors (Lipinski definition) is 3. The largest absolute Gasteiger partial charge is 0.497 e. The summed E-state index contributed by atoms with van der Waals surface area (Å²) < 4.78 is 6.32. The maximum atomic E-state index is 12.2. The highest BCUT2D eigenvalue weighted by atomic mass is 79.9. The van der Waals surface area contributed by atoms with Gasteiger partial charge in [-0.15, -0.1) is 0 Å². The molecule has 0 saturated carbocycles. The molecule has 0 radical (unpaired) electrons. The first-order valence-electron chi connectivity index (χ1n) is 10.1. The van der Waals surface area contributed by atoms with E-state index in [-0.39, 0.29) is 5.91 Å². The van der Waals surface area contributed by atoms with Gasteiger partial charge >= 0.3 is 0 Å². The number of anilines is 1. The standard InChI is InChI=1S/C23H29BrN2O2/c1-28-22-12-10-21(11-13-22)26-16-14-20(15-17-26)25-23(27)5-3-2-4-18-6-8-19(24)9-7-18/h6-13,20H,2-5,14-17H2,1H3,(H,25,27). The second-order valence-electron chi connectivity index (χ2n) is 7.36. The van der Waals surface area contributed by atoms with Crippen molar-refractivity contribution in [3.63, 3.8) is 0 Å². The molecular formula is C23H29BrN2O2. The van der Waals surface area contributed by atoms with Gasteiger partial charge in [0.15, 0.2) is 0 Å². The fraction of sp³-hybridized carbons (Fsp3) is 0.435. The molecule has 4 nitrogen and oxygen atoms in total. The number of carbonyl (C=O) groups is 1. The van der Waals surface area contributed by atoms with E-state index in [0.717, 1.165) is 55.4 Å². The zero-order valence-corrected chi connectivity index (χ0v) is 18.1. The molecule has 0 unspecified atom stereocenters. The Labute approximate surface area is 176 Å². The number of aryl methyl sites for hydroxylation is 1. The fourth-order valence-electron chi connectivity index (χ4n) is 3.64. The summed E-state index contributed by atoms with van der Waals surface area (Å²) in [5, 5.41) is 3.22. The molecule has 28 heavy (non-hydrogen) atoms. The third kappa shape index (κ3) is 6.26. The van der Waals surface area contributed by atoms with Crippen LogP contribution in [-0.2, 0) is 11.2 Å². The molecule has 3 rings (SSSR count). The minimum absolute atomic E-state index is 0.193. The Kier molecular flexibility index (Phi) is 7.78. The average molecular weight is 445 g/mol. The van der Waals surface area contributed by atoms with Gasteiger partial charge in [-0.3, -0.25) is 4.79 Å². The number of carbonyl (C=O) groups excluding carboxylic acids is 1. The van der Waals surface area contributed by atoms with Crippen LogP contribution in [0.15, 0.2) is 53.0 Å². The molecule has 1 amide bonds. The topological polar surface area (TPSA) is 41.6 Å². The van der Waals surface area contributed by atoms with Crippen LogP contribution in [-0.4, -0.2) is 32.1 Å². The minimum atomic E-state index is 0.193. The van der Waals surface area contributed by atoms with E-state index in [9.17, 15) is 4.79 Å². The van der Waals surface area contributed by atoms with Gasteiger partial charge in [0.05, 0.1) is 7.11 Å². The second kappa shape index (κ2) is 10.5. The van der Waals surface area contributed by atoms with Crippen molar-refractivity contribution in [3.05, 3.63) is 58.6 Å². The Hall–Kier alpha value is -2.01. The monoisotopic (exact) mass is 444 g/mol. The smallest absolute Gasteiger partial charge is 0.220 e. The highest BCUT2D eigenvalue weighted by Crippen LogP contribution is 2.23. The summed E-state index contributed by atoms with van der Waals surface area (Å²) in [6.45, 7) is 1.95. The molecule has 0 aliphatic carbocycles. The molecule has 5 heteroatoms. The first-order valence-corrected chi connectivity index (χ1v) is 10.9. The maximum Gasteiger partial charge on any atom is 0.220 e. The molecule has 0 bridgehead atoms. The molecule has 2 aromatic carbocycles. The van der Waals surface area contributed by atoms with Crippen LogP contribution in [0.5, 0.6) is 5.75 Å². The Morgan fingerprint density at radius 3 is 2.39 bits per heavy atom. The Morgan fingerprint density at radius 1 is 1.07 bits per heavy atom. The van der Waals surface area contributed by atoms with E-state index in [2.05, 4.69) is 62.5 Å². The number of benzene rings is 2. The van der Waals surface area contributed by atoms with Crippen LogP contribution in [0.25, 0.3) is 0 Å². The number of piperidine rings is 1. The van der Waals surface area contributed by atoms with Crippen LogP contribution < -0.4 is 15.0 Å². The lowest BCUT2D eigenvalue weighted by Gasteiger charge is -2.34. The second-order valence-corrected chi connectivity index (χ2v) is 8.28. The lowest BCUT2D eigenvalue weighted by Crippen LogP contribution is -2.44. The number of ether oxygens (including phenoxy) is 1. The van der Waals surface area contributed by atoms with Crippen molar-refractivity contribution in [1.29, 1.82) is 0 Å². The van der Waals surface area contributed by atoms with Gasteiger partial charge in [0.2, 0.25) is 5.91 Å². The first-order chi connectivity index (χ1) is 13.6. The van der Waals surface area contributed by atoms with Gasteiger partial charge in [-0.05, 0) is 74.1 Å². The molecule has 1 aliphatic rings. The molecule has 1 heterocycles. The highest BCUT2D eigenvalue weighted by molar-refractivity contribution is 9.10. The van der Waals surface area contributed by atoms with E-state index in [1.54, 1.807) is 7.11 Å². The molecule has 1 aliphatic heterocycles. The fourth-order valence-corrected chi connectivity index (χ4v) is 3.90. The summed E-state index contributed by atoms with van der Waals surface area (Å²) in [6, 6.07) is 16.9. The SMILES string of the molecule is COc1ccc(N2CCC(NC(=O)CCCCc3ccc(Br)cc3)CC2)cc1. The first kappa shape index (κ1) is 20.7. The minimum Gasteiger partial charge on any atom is -0.497 e. The molecule has 2 aromatic rings. The van der Waals surface area contributed by atoms with Gasteiger partial charge in [0, 0.05) is 35.7 Å². The van der Waals surface area contributed by atoms with Crippen molar-refractivity contribution < 1.29 is 9.53 Å². The van der Waals surface area contributed by atoms with Crippen LogP contribution in [0, 0.1) is 0 Å². The lowest BCUT2D eigenvalue weighted by molar-refractivity contribution is -0.122. The third-order valence-corrected chi connectivity index (χ3v) is 5.86. The van der Waals surface area contributed by atoms with E-state index >= 15 is 0 Å². The quantitative estimate of drug-likeness (QED) is 0.585. The van der Waals surface area contributed by atoms with Crippen molar-refractivity contribution in [3.8, 4) is 5.75 Å². The summed E-state index contributed by atoms with van der Waals surface area (Å²) in [6.07, 6.45) is 5.63. The normalized spacial score (nSPS) is 14.7. The van der Waals surface area contributed by atoms with Crippen molar-refractivity contribution >= 4 is 27.5 Å². The number of nitrogens with zero attached hydrogens (tertiary/aromatic N) is 1. The molecule has 1 N–H and O–H groups in total. The van der Waals surface area contributed by atoms with E-state index in [1.807, 2.05) is 12.1 Å². The van der Waals surface area contributed by atoms with Crippen molar-refractivity contribution in [2.75, 3.05) is 25.1 Å². The van der Waals surface area contributed by atoms with Crippen LogP contribution in [0.3, 0.4) is 0 Å². The van der Waals surface area contributed by atoms with Gasteiger partial charge in [-0.25, -0.2) is 0 Å². The van der Waals surface area contributed by atoms with E-state index in [0.29, 0.717) is 12.5 Å². The number of unbranched alkanes of at least 4 members (excludes halogenated alkanes) is 1. The van der Waals surface area contributed by atoms with Gasteiger partial charge in [-0.2, -0.15) is 0 Å². The van der Waals surface area contributed by atoms with Crippen LogP contribution in [0.2, 0.25) is 0 Å². The number of amides is 1. The van der Waals surface area contributed by atoms with Gasteiger partial charge in [-0.1, -0.05) is 28.1 Å². The van der Waals surface area contributed by atoms with E-state index in [1.165, 1.54) is 11.3 Å². The molecule has 150 valence electrons. The molecule has 1 saturated heterocycles. The van der Waals surface area contributed by atoms with Crippen molar-refractivity contribution in [2.24, 2.45) is 0 Å². The molecular weight excluding hydrogens is 416 g/mol. The average Bonchev–Trinajstić information content (AvgIpc) is 2.73. The van der Waals surface area contributed by atoms with Gasteiger partial charge < -0.3 is 15.0 Å².